The zero-order chi connectivity index (χ0) is 21.8. The minimum Gasteiger partial charge on any atom is -0.398 e. The summed E-state index contributed by atoms with van der Waals surface area (Å²) in [6.45, 7) is 0. The zero-order valence-electron chi connectivity index (χ0n) is 16.1. The molecule has 0 spiro atoms. The van der Waals surface area contributed by atoms with E-state index in [9.17, 15) is 13.2 Å². The lowest BCUT2D eigenvalue weighted by molar-refractivity contribution is -0.137. The van der Waals surface area contributed by atoms with Gasteiger partial charge >= 0.3 is 6.18 Å². The first-order valence-corrected chi connectivity index (χ1v) is 9.28. The molecule has 0 saturated heterocycles. The average Bonchev–Trinajstić information content (AvgIpc) is 2.78. The lowest BCUT2D eigenvalue weighted by Crippen LogP contribution is -2.03. The maximum Gasteiger partial charge on any atom is 0.416 e. The van der Waals surface area contributed by atoms with Crippen LogP contribution < -0.4 is 5.73 Å². The standard InChI is InChI=1S/C23H16F3N5/c24-23(25,26)15-5-7-16(8-6-15)28-29-17-9-11-18(12-10-17)30-31-22-14-13-21(27)19-3-1-2-4-20(19)22/h1-14H,27H2. The molecule has 0 aliphatic heterocycles. The quantitative estimate of drug-likeness (QED) is 0.262. The van der Waals surface area contributed by atoms with Crippen molar-refractivity contribution in [1.29, 1.82) is 0 Å². The molecule has 0 radical (unpaired) electrons. The van der Waals surface area contributed by atoms with E-state index < -0.39 is 11.7 Å². The molecule has 0 amide bonds. The molecule has 4 rings (SSSR count). The number of hydrogen-bond donors (Lipinski definition) is 1. The summed E-state index contributed by atoms with van der Waals surface area (Å²) in [6, 6.07) is 22.6. The van der Waals surface area contributed by atoms with Gasteiger partial charge in [-0.2, -0.15) is 28.5 Å². The van der Waals surface area contributed by atoms with Gasteiger partial charge in [-0.1, -0.05) is 24.3 Å². The summed E-state index contributed by atoms with van der Waals surface area (Å²) in [7, 11) is 0. The zero-order valence-corrected chi connectivity index (χ0v) is 16.1. The van der Waals surface area contributed by atoms with E-state index in [2.05, 4.69) is 20.5 Å². The summed E-state index contributed by atoms with van der Waals surface area (Å²) in [4.78, 5) is 0. The molecule has 0 aliphatic rings. The Labute approximate surface area is 175 Å². The fourth-order valence-electron chi connectivity index (χ4n) is 2.92. The van der Waals surface area contributed by atoms with Crippen LogP contribution in [-0.4, -0.2) is 0 Å². The van der Waals surface area contributed by atoms with E-state index in [1.165, 1.54) is 12.1 Å². The summed E-state index contributed by atoms with van der Waals surface area (Å²) in [5, 5.41) is 18.4. The molecule has 0 bridgehead atoms. The molecular formula is C23H16F3N5. The first-order chi connectivity index (χ1) is 14.9. The topological polar surface area (TPSA) is 75.5 Å². The molecule has 5 nitrogen and oxygen atoms in total. The van der Waals surface area contributed by atoms with E-state index >= 15 is 0 Å². The average molecular weight is 419 g/mol. The Morgan fingerprint density at radius 2 is 1.03 bits per heavy atom. The smallest absolute Gasteiger partial charge is 0.398 e. The first kappa shape index (κ1) is 20.2. The van der Waals surface area contributed by atoms with Gasteiger partial charge in [0.2, 0.25) is 0 Å². The van der Waals surface area contributed by atoms with E-state index in [4.69, 9.17) is 5.73 Å². The molecule has 8 heteroatoms. The van der Waals surface area contributed by atoms with Crippen molar-refractivity contribution in [3.05, 3.63) is 90.5 Å². The summed E-state index contributed by atoms with van der Waals surface area (Å²) < 4.78 is 37.8. The van der Waals surface area contributed by atoms with Crippen molar-refractivity contribution in [2.75, 3.05) is 5.73 Å². The van der Waals surface area contributed by atoms with E-state index in [-0.39, 0.29) is 0 Å². The molecule has 31 heavy (non-hydrogen) atoms. The van der Waals surface area contributed by atoms with Crippen LogP contribution in [0.25, 0.3) is 10.8 Å². The highest BCUT2D eigenvalue weighted by Crippen LogP contribution is 2.32. The predicted octanol–water partition coefficient (Wildman–Crippen LogP) is 8.27. The van der Waals surface area contributed by atoms with Crippen molar-refractivity contribution >= 4 is 39.2 Å². The van der Waals surface area contributed by atoms with Crippen LogP contribution in [0.1, 0.15) is 5.56 Å². The third kappa shape index (κ3) is 4.75. The highest BCUT2D eigenvalue weighted by Gasteiger charge is 2.29. The molecule has 0 unspecified atom stereocenters. The van der Waals surface area contributed by atoms with Gasteiger partial charge in [-0.25, -0.2) is 0 Å². The van der Waals surface area contributed by atoms with Gasteiger partial charge in [0.1, 0.15) is 0 Å². The van der Waals surface area contributed by atoms with Crippen molar-refractivity contribution < 1.29 is 13.2 Å². The maximum atomic E-state index is 12.6. The van der Waals surface area contributed by atoms with E-state index in [0.29, 0.717) is 28.4 Å². The van der Waals surface area contributed by atoms with Crippen LogP contribution in [0, 0.1) is 0 Å². The van der Waals surface area contributed by atoms with Gasteiger partial charge in [0.25, 0.3) is 0 Å². The van der Waals surface area contributed by atoms with E-state index in [1.54, 1.807) is 30.3 Å². The van der Waals surface area contributed by atoms with Crippen molar-refractivity contribution in [2.45, 2.75) is 6.18 Å². The number of halogens is 3. The number of nitrogen functional groups attached to an aromatic ring is 1. The van der Waals surface area contributed by atoms with Crippen molar-refractivity contribution in [1.82, 2.24) is 0 Å². The second-order valence-corrected chi connectivity index (χ2v) is 6.68. The van der Waals surface area contributed by atoms with Crippen LogP contribution in [-0.2, 0) is 6.18 Å². The Balaban J connectivity index is 1.48. The van der Waals surface area contributed by atoms with Crippen LogP contribution in [0.3, 0.4) is 0 Å². The van der Waals surface area contributed by atoms with Crippen LogP contribution >= 0.6 is 0 Å². The number of hydrogen-bond acceptors (Lipinski definition) is 5. The molecule has 0 heterocycles. The van der Waals surface area contributed by atoms with Gasteiger partial charge in [-0.05, 0) is 60.7 Å². The number of nitrogens with two attached hydrogens (primary N) is 1. The third-order valence-electron chi connectivity index (χ3n) is 4.53. The normalized spacial score (nSPS) is 12.2. The molecule has 0 saturated carbocycles. The summed E-state index contributed by atoms with van der Waals surface area (Å²) >= 11 is 0. The Kier molecular flexibility index (Phi) is 5.44. The van der Waals surface area contributed by atoms with E-state index in [1.807, 2.05) is 30.3 Å². The Hall–Kier alpha value is -4.07. The Morgan fingerprint density at radius 3 is 1.58 bits per heavy atom. The first-order valence-electron chi connectivity index (χ1n) is 9.28. The lowest BCUT2D eigenvalue weighted by Gasteiger charge is -2.05. The van der Waals surface area contributed by atoms with Crippen LogP contribution in [0.5, 0.6) is 0 Å². The van der Waals surface area contributed by atoms with Crippen molar-refractivity contribution in [3.8, 4) is 0 Å². The van der Waals surface area contributed by atoms with Crippen molar-refractivity contribution in [2.24, 2.45) is 20.5 Å². The summed E-state index contributed by atoms with van der Waals surface area (Å²) in [6.07, 6.45) is -4.38. The number of nitrogens with zero attached hydrogens (tertiary/aromatic N) is 4. The Morgan fingerprint density at radius 1 is 0.548 bits per heavy atom. The third-order valence-corrected chi connectivity index (χ3v) is 4.53. The molecular weight excluding hydrogens is 403 g/mol. The minimum absolute atomic E-state index is 0.326. The monoisotopic (exact) mass is 419 g/mol. The predicted molar refractivity (Wildman–Crippen MR) is 115 cm³/mol. The summed E-state index contributed by atoms with van der Waals surface area (Å²) in [5.74, 6) is 0. The maximum absolute atomic E-state index is 12.6. The van der Waals surface area contributed by atoms with Gasteiger partial charge < -0.3 is 5.73 Å². The molecule has 4 aromatic carbocycles. The van der Waals surface area contributed by atoms with Gasteiger partial charge in [0.05, 0.1) is 28.3 Å². The Bertz CT molecular complexity index is 1260. The number of benzene rings is 4. The second kappa shape index (κ2) is 8.35. The van der Waals surface area contributed by atoms with Gasteiger partial charge in [0, 0.05) is 16.5 Å². The molecule has 154 valence electrons. The molecule has 2 N–H and O–H groups in total. The second-order valence-electron chi connectivity index (χ2n) is 6.68. The largest absolute Gasteiger partial charge is 0.416 e. The SMILES string of the molecule is Nc1ccc(N=Nc2ccc(N=Nc3ccc(C(F)(F)F)cc3)cc2)c2ccccc12. The van der Waals surface area contributed by atoms with Crippen LogP contribution in [0.2, 0.25) is 0 Å². The number of anilines is 1. The highest BCUT2D eigenvalue weighted by molar-refractivity contribution is 5.99. The molecule has 0 aromatic heterocycles. The fraction of sp³-hybridized carbons (Fsp3) is 0.0435. The van der Waals surface area contributed by atoms with Gasteiger partial charge in [-0.3, -0.25) is 0 Å². The van der Waals surface area contributed by atoms with Crippen molar-refractivity contribution in [3.63, 3.8) is 0 Å². The molecule has 0 aliphatic carbocycles. The number of rotatable bonds is 4. The molecule has 4 aromatic rings. The summed E-state index contributed by atoms with van der Waals surface area (Å²) in [5.41, 5.74) is 8.14. The van der Waals surface area contributed by atoms with Crippen LogP contribution in [0.4, 0.5) is 41.6 Å². The number of azo groups is 2. The molecule has 0 atom stereocenters. The fourth-order valence-corrected chi connectivity index (χ4v) is 2.92. The van der Waals surface area contributed by atoms with E-state index in [0.717, 1.165) is 22.9 Å². The minimum atomic E-state index is -4.38. The van der Waals surface area contributed by atoms with Gasteiger partial charge in [-0.15, -0.1) is 5.11 Å². The molecule has 0 fully saturated rings. The van der Waals surface area contributed by atoms with Gasteiger partial charge in [0.15, 0.2) is 0 Å². The van der Waals surface area contributed by atoms with Crippen LogP contribution in [0.15, 0.2) is 105 Å². The number of fused-ring (bicyclic) bond motifs is 1. The highest BCUT2D eigenvalue weighted by atomic mass is 19.4. The number of alkyl halides is 3. The lowest BCUT2D eigenvalue weighted by atomic mass is 10.1.